The maximum absolute atomic E-state index is 12.7. The van der Waals surface area contributed by atoms with Crippen LogP contribution in [0.15, 0.2) is 52.4 Å². The second-order valence-electron chi connectivity index (χ2n) is 7.32. The molecule has 2 aromatic rings. The fourth-order valence-electron chi connectivity index (χ4n) is 2.68. The quantitative estimate of drug-likeness (QED) is 0.609. The molecule has 0 radical (unpaired) electrons. The molecular weight excluding hydrogens is 384 g/mol. The molecule has 1 saturated heterocycles. The van der Waals surface area contributed by atoms with Crippen LogP contribution in [0.3, 0.4) is 0 Å². The Morgan fingerprint density at radius 1 is 1.14 bits per heavy atom. The molecule has 0 atom stereocenters. The van der Waals surface area contributed by atoms with Gasteiger partial charge in [-0.25, -0.2) is 4.99 Å². The molecule has 0 bridgehead atoms. The van der Waals surface area contributed by atoms with Crippen LogP contribution in [0.1, 0.15) is 25.0 Å². The maximum atomic E-state index is 12.7. The normalized spacial score (nSPS) is 16.9. The Balaban J connectivity index is 1.82. The highest BCUT2D eigenvalue weighted by molar-refractivity contribution is 8.18. The lowest BCUT2D eigenvalue weighted by Crippen LogP contribution is -2.23. The summed E-state index contributed by atoms with van der Waals surface area (Å²) in [6.07, 6.45) is 1.86. The van der Waals surface area contributed by atoms with Crippen molar-refractivity contribution in [2.24, 2.45) is 10.9 Å². The van der Waals surface area contributed by atoms with Gasteiger partial charge in [0.15, 0.2) is 16.7 Å². The van der Waals surface area contributed by atoms with E-state index in [2.05, 4.69) is 18.8 Å². The van der Waals surface area contributed by atoms with E-state index in [1.165, 1.54) is 17.3 Å². The van der Waals surface area contributed by atoms with Crippen LogP contribution in [0, 0.1) is 12.8 Å². The molecular formula is C23H26N2O3S. The first kappa shape index (κ1) is 21.0. The van der Waals surface area contributed by atoms with Crippen molar-refractivity contribution in [1.29, 1.82) is 0 Å². The number of rotatable bonds is 6. The molecule has 6 heteroatoms. The van der Waals surface area contributed by atoms with Crippen LogP contribution in [-0.2, 0) is 4.79 Å². The highest BCUT2D eigenvalue weighted by Gasteiger charge is 2.30. The van der Waals surface area contributed by atoms with Gasteiger partial charge in [-0.1, -0.05) is 37.6 Å². The third-order valence-electron chi connectivity index (χ3n) is 4.32. The highest BCUT2D eigenvalue weighted by atomic mass is 32.2. The first-order chi connectivity index (χ1) is 13.9. The molecule has 2 aromatic carbocycles. The standard InChI is InChI=1S/C23H26N2O3S/c1-15(2)14-28-19-11-8-17(12-20(19)27-5)13-21-22(26)25(4)23(29-21)24-18-9-6-16(3)7-10-18/h6-13,15H,14H2,1-5H3/b21-13+,24-23?. The van der Waals surface area contributed by atoms with Crippen molar-refractivity contribution in [2.45, 2.75) is 20.8 Å². The molecule has 0 aromatic heterocycles. The molecule has 1 amide bonds. The number of hydrogen-bond donors (Lipinski definition) is 0. The molecule has 3 rings (SSSR count). The molecule has 5 nitrogen and oxygen atoms in total. The van der Waals surface area contributed by atoms with Crippen molar-refractivity contribution in [3.05, 3.63) is 58.5 Å². The fraction of sp³-hybridized carbons (Fsp3) is 0.304. The number of thioether (sulfide) groups is 1. The van der Waals surface area contributed by atoms with E-state index in [0.717, 1.165) is 11.3 Å². The largest absolute Gasteiger partial charge is 0.493 e. The molecule has 1 aliphatic heterocycles. The molecule has 1 aliphatic rings. The van der Waals surface area contributed by atoms with Crippen molar-refractivity contribution >= 4 is 34.6 Å². The first-order valence-corrected chi connectivity index (χ1v) is 10.3. The highest BCUT2D eigenvalue weighted by Crippen LogP contribution is 2.35. The molecule has 152 valence electrons. The van der Waals surface area contributed by atoms with Crippen molar-refractivity contribution in [2.75, 3.05) is 20.8 Å². The summed E-state index contributed by atoms with van der Waals surface area (Å²) in [4.78, 5) is 19.5. The minimum absolute atomic E-state index is 0.0695. The summed E-state index contributed by atoms with van der Waals surface area (Å²) in [5.74, 6) is 1.71. The van der Waals surface area contributed by atoms with E-state index < -0.39 is 0 Å². The van der Waals surface area contributed by atoms with Crippen molar-refractivity contribution in [1.82, 2.24) is 4.90 Å². The second-order valence-corrected chi connectivity index (χ2v) is 8.33. The van der Waals surface area contributed by atoms with Crippen LogP contribution >= 0.6 is 11.8 Å². The number of nitrogens with zero attached hydrogens (tertiary/aromatic N) is 2. The minimum Gasteiger partial charge on any atom is -0.493 e. The summed E-state index contributed by atoms with van der Waals surface area (Å²) in [5.41, 5.74) is 2.87. The average molecular weight is 411 g/mol. The van der Waals surface area contributed by atoms with Crippen LogP contribution < -0.4 is 9.47 Å². The zero-order valence-electron chi connectivity index (χ0n) is 17.4. The Morgan fingerprint density at radius 2 is 1.86 bits per heavy atom. The van der Waals surface area contributed by atoms with Gasteiger partial charge in [-0.15, -0.1) is 0 Å². The molecule has 0 spiro atoms. The van der Waals surface area contributed by atoms with Gasteiger partial charge in [-0.2, -0.15) is 0 Å². The van der Waals surface area contributed by atoms with Gasteiger partial charge in [0.25, 0.3) is 5.91 Å². The predicted molar refractivity (Wildman–Crippen MR) is 120 cm³/mol. The number of aryl methyl sites for hydroxylation is 1. The third-order valence-corrected chi connectivity index (χ3v) is 5.38. The molecule has 0 unspecified atom stereocenters. The lowest BCUT2D eigenvalue weighted by molar-refractivity contribution is -0.121. The Hall–Kier alpha value is -2.73. The molecule has 0 saturated carbocycles. The smallest absolute Gasteiger partial charge is 0.266 e. The SMILES string of the molecule is COc1cc(/C=C2/SC(=Nc3ccc(C)cc3)N(C)C2=O)ccc1OCC(C)C. The third kappa shape index (κ3) is 5.21. The summed E-state index contributed by atoms with van der Waals surface area (Å²) in [6, 6.07) is 13.6. The molecule has 1 heterocycles. The number of amides is 1. The molecule has 29 heavy (non-hydrogen) atoms. The fourth-order valence-corrected chi connectivity index (χ4v) is 3.67. The second kappa shape index (κ2) is 9.18. The summed E-state index contributed by atoms with van der Waals surface area (Å²) >= 11 is 1.37. The number of aliphatic imine (C=N–C) groups is 1. The number of ether oxygens (including phenoxy) is 2. The average Bonchev–Trinajstić information content (AvgIpc) is 2.96. The topological polar surface area (TPSA) is 51.1 Å². The summed E-state index contributed by atoms with van der Waals surface area (Å²) in [5, 5.41) is 0.661. The molecule has 0 N–H and O–H groups in total. The number of carbonyl (C=O) groups excluding carboxylic acids is 1. The summed E-state index contributed by atoms with van der Waals surface area (Å²) in [7, 11) is 3.36. The van der Waals surface area contributed by atoms with Crippen LogP contribution in [-0.4, -0.2) is 36.7 Å². The van der Waals surface area contributed by atoms with E-state index in [1.54, 1.807) is 19.1 Å². The van der Waals surface area contributed by atoms with Gasteiger partial charge in [-0.3, -0.25) is 9.69 Å². The molecule has 0 aliphatic carbocycles. The van der Waals surface area contributed by atoms with Gasteiger partial charge in [-0.05, 0) is 60.5 Å². The Morgan fingerprint density at radius 3 is 2.52 bits per heavy atom. The number of amidine groups is 1. The van der Waals surface area contributed by atoms with Gasteiger partial charge in [0.2, 0.25) is 0 Å². The van der Waals surface area contributed by atoms with E-state index in [9.17, 15) is 4.79 Å². The Kier molecular flexibility index (Phi) is 6.64. The van der Waals surface area contributed by atoms with Crippen molar-refractivity contribution in [3.8, 4) is 11.5 Å². The minimum atomic E-state index is -0.0695. The van der Waals surface area contributed by atoms with Gasteiger partial charge in [0.05, 0.1) is 24.3 Å². The maximum Gasteiger partial charge on any atom is 0.266 e. The Bertz CT molecular complexity index is 949. The zero-order chi connectivity index (χ0) is 21.0. The van der Waals surface area contributed by atoms with Crippen LogP contribution in [0.2, 0.25) is 0 Å². The monoisotopic (exact) mass is 410 g/mol. The summed E-state index contributed by atoms with van der Waals surface area (Å²) < 4.78 is 11.3. The lowest BCUT2D eigenvalue weighted by atomic mass is 10.1. The number of likely N-dealkylation sites (N-methyl/N-ethyl adjacent to an activating group) is 1. The van der Waals surface area contributed by atoms with E-state index in [4.69, 9.17) is 9.47 Å². The van der Waals surface area contributed by atoms with Gasteiger partial charge in [0.1, 0.15) is 0 Å². The molecule has 1 fully saturated rings. The van der Waals surface area contributed by atoms with Gasteiger partial charge in [0, 0.05) is 7.05 Å². The van der Waals surface area contributed by atoms with Gasteiger partial charge >= 0.3 is 0 Å². The number of hydrogen-bond acceptors (Lipinski definition) is 5. The first-order valence-electron chi connectivity index (χ1n) is 9.51. The van der Waals surface area contributed by atoms with Crippen LogP contribution in [0.4, 0.5) is 5.69 Å². The number of carbonyl (C=O) groups is 1. The van der Waals surface area contributed by atoms with Crippen LogP contribution in [0.25, 0.3) is 6.08 Å². The van der Waals surface area contributed by atoms with E-state index in [0.29, 0.717) is 34.1 Å². The number of benzene rings is 2. The van der Waals surface area contributed by atoms with Gasteiger partial charge < -0.3 is 9.47 Å². The predicted octanol–water partition coefficient (Wildman–Crippen LogP) is 5.27. The van der Waals surface area contributed by atoms with E-state index >= 15 is 0 Å². The van der Waals surface area contributed by atoms with Crippen LogP contribution in [0.5, 0.6) is 11.5 Å². The van der Waals surface area contributed by atoms with E-state index in [-0.39, 0.29) is 5.91 Å². The Labute approximate surface area is 176 Å². The lowest BCUT2D eigenvalue weighted by Gasteiger charge is -2.13. The zero-order valence-corrected chi connectivity index (χ0v) is 18.2. The summed E-state index contributed by atoms with van der Waals surface area (Å²) in [6.45, 7) is 6.85. The van der Waals surface area contributed by atoms with Crippen molar-refractivity contribution < 1.29 is 14.3 Å². The van der Waals surface area contributed by atoms with Crippen molar-refractivity contribution in [3.63, 3.8) is 0 Å². The van der Waals surface area contributed by atoms with E-state index in [1.807, 2.05) is 55.5 Å². The number of methoxy groups -OCH3 is 1.